The quantitative estimate of drug-likeness (QED) is 0.908. The van der Waals surface area contributed by atoms with Crippen molar-refractivity contribution in [2.45, 2.75) is 6.42 Å². The largest absolute Gasteiger partial charge is 0.281 e. The molecule has 0 spiro atoms. The molecule has 1 aromatic carbocycles. The van der Waals surface area contributed by atoms with Crippen LogP contribution in [0.25, 0.3) is 0 Å². The Bertz CT molecular complexity index is 465. The minimum absolute atomic E-state index is 0.106. The molecule has 7 heteroatoms. The third-order valence-corrected chi connectivity index (χ3v) is 3.73. The van der Waals surface area contributed by atoms with Gasteiger partial charge in [-0.3, -0.25) is 9.11 Å². The van der Waals surface area contributed by atoms with Crippen LogP contribution < -0.4 is 4.72 Å². The molecule has 1 N–H and O–H groups in total. The van der Waals surface area contributed by atoms with Gasteiger partial charge in [-0.05, 0) is 34.5 Å². The van der Waals surface area contributed by atoms with Gasteiger partial charge in [-0.25, -0.2) is 12.8 Å². The molecule has 0 saturated heterocycles. The van der Waals surface area contributed by atoms with Crippen molar-refractivity contribution in [1.29, 1.82) is 0 Å². The van der Waals surface area contributed by atoms with E-state index in [1.54, 1.807) is 0 Å². The third-order valence-electron chi connectivity index (χ3n) is 1.76. The normalized spacial score (nSPS) is 11.4. The fourth-order valence-corrected chi connectivity index (χ4v) is 2.50. The van der Waals surface area contributed by atoms with Crippen molar-refractivity contribution < 1.29 is 17.2 Å². The zero-order valence-corrected chi connectivity index (χ0v) is 10.6. The van der Waals surface area contributed by atoms with Crippen LogP contribution in [0.5, 0.6) is 0 Å². The van der Waals surface area contributed by atoms with Crippen molar-refractivity contribution in [1.82, 2.24) is 0 Å². The van der Waals surface area contributed by atoms with Crippen LogP contribution in [-0.4, -0.2) is 20.8 Å². The highest BCUT2D eigenvalue weighted by atomic mass is 79.9. The highest BCUT2D eigenvalue weighted by Crippen LogP contribution is 2.23. The van der Waals surface area contributed by atoms with Gasteiger partial charge in [-0.1, -0.05) is 6.07 Å². The Balaban J connectivity index is 2.84. The molecule has 1 aromatic rings. The fraction of sp³-hybridized carbons (Fsp3) is 0.333. The average Bonchev–Trinajstić information content (AvgIpc) is 2.22. The van der Waals surface area contributed by atoms with Gasteiger partial charge in [-0.2, -0.15) is 0 Å². The van der Waals surface area contributed by atoms with Crippen LogP contribution in [-0.2, 0) is 10.0 Å². The molecule has 0 aliphatic rings. The second-order valence-corrected chi connectivity index (χ2v) is 5.76. The van der Waals surface area contributed by atoms with Gasteiger partial charge < -0.3 is 0 Å². The van der Waals surface area contributed by atoms with E-state index in [4.69, 9.17) is 0 Å². The summed E-state index contributed by atoms with van der Waals surface area (Å²) in [5, 5.41) is 0. The van der Waals surface area contributed by atoms with Crippen molar-refractivity contribution in [3.05, 3.63) is 28.5 Å². The maximum atomic E-state index is 13.4. The SMILES string of the molecule is O=S(=O)(CCCF)Nc1cccc(Br)c1F. The van der Waals surface area contributed by atoms with Crippen LogP contribution in [0.15, 0.2) is 22.7 Å². The molecule has 0 saturated carbocycles. The topological polar surface area (TPSA) is 46.2 Å². The number of sulfonamides is 1. The maximum absolute atomic E-state index is 13.4. The van der Waals surface area contributed by atoms with Gasteiger partial charge in [0.1, 0.15) is 0 Å². The predicted molar refractivity (Wildman–Crippen MR) is 62.1 cm³/mol. The molecule has 0 bridgehead atoms. The minimum Gasteiger partial charge on any atom is -0.281 e. The van der Waals surface area contributed by atoms with Crippen LogP contribution in [0.3, 0.4) is 0 Å². The predicted octanol–water partition coefficient (Wildman–Crippen LogP) is 2.69. The summed E-state index contributed by atoms with van der Waals surface area (Å²) >= 11 is 2.94. The molecular weight excluding hydrogens is 304 g/mol. The molecule has 0 aliphatic heterocycles. The monoisotopic (exact) mass is 313 g/mol. The maximum Gasteiger partial charge on any atom is 0.232 e. The average molecular weight is 314 g/mol. The molecular formula is C9H10BrF2NO2S. The van der Waals surface area contributed by atoms with Gasteiger partial charge in [0, 0.05) is 0 Å². The lowest BCUT2D eigenvalue weighted by Crippen LogP contribution is -2.17. The molecule has 0 unspecified atom stereocenters. The number of benzene rings is 1. The Hall–Kier alpha value is -0.690. The molecule has 0 aliphatic carbocycles. The van der Waals surface area contributed by atoms with E-state index < -0.39 is 22.5 Å². The molecule has 16 heavy (non-hydrogen) atoms. The number of anilines is 1. The minimum atomic E-state index is -3.69. The first kappa shape index (κ1) is 13.4. The number of hydrogen-bond acceptors (Lipinski definition) is 2. The van der Waals surface area contributed by atoms with Crippen LogP contribution in [0.1, 0.15) is 6.42 Å². The lowest BCUT2D eigenvalue weighted by Gasteiger charge is -2.08. The summed E-state index contributed by atoms with van der Waals surface area (Å²) in [5.41, 5.74) is -0.145. The summed E-state index contributed by atoms with van der Waals surface area (Å²) in [7, 11) is -3.69. The van der Waals surface area contributed by atoms with E-state index in [-0.39, 0.29) is 22.3 Å². The van der Waals surface area contributed by atoms with Gasteiger partial charge in [0.15, 0.2) is 5.82 Å². The number of halogens is 3. The molecule has 0 atom stereocenters. The Labute approximate surface area is 101 Å². The van der Waals surface area contributed by atoms with Crippen LogP contribution in [0, 0.1) is 5.82 Å². The van der Waals surface area contributed by atoms with E-state index in [1.807, 2.05) is 0 Å². The lowest BCUT2D eigenvalue weighted by atomic mass is 10.3. The van der Waals surface area contributed by atoms with E-state index in [2.05, 4.69) is 20.7 Å². The molecule has 1 rings (SSSR count). The van der Waals surface area contributed by atoms with Crippen molar-refractivity contribution in [2.75, 3.05) is 17.1 Å². The fourth-order valence-electron chi connectivity index (χ4n) is 1.05. The molecule has 0 heterocycles. The van der Waals surface area contributed by atoms with Crippen molar-refractivity contribution in [3.8, 4) is 0 Å². The van der Waals surface area contributed by atoms with Crippen LogP contribution >= 0.6 is 15.9 Å². The van der Waals surface area contributed by atoms with Crippen molar-refractivity contribution in [3.63, 3.8) is 0 Å². The summed E-state index contributed by atoms with van der Waals surface area (Å²) in [4.78, 5) is 0. The van der Waals surface area contributed by atoms with Crippen LogP contribution in [0.4, 0.5) is 14.5 Å². The second kappa shape index (κ2) is 5.58. The van der Waals surface area contributed by atoms with Crippen molar-refractivity contribution in [2.24, 2.45) is 0 Å². The second-order valence-electron chi connectivity index (χ2n) is 3.06. The summed E-state index contributed by atoms with van der Waals surface area (Å²) in [6.07, 6.45) is -0.106. The smallest absolute Gasteiger partial charge is 0.232 e. The molecule has 90 valence electrons. The Kier molecular flexibility index (Phi) is 4.67. The summed E-state index contributed by atoms with van der Waals surface area (Å²) in [6.45, 7) is -0.720. The van der Waals surface area contributed by atoms with E-state index >= 15 is 0 Å². The summed E-state index contributed by atoms with van der Waals surface area (Å²) in [6, 6.07) is 4.25. The number of hydrogen-bond donors (Lipinski definition) is 1. The number of alkyl halides is 1. The molecule has 0 fully saturated rings. The zero-order chi connectivity index (χ0) is 12.2. The highest BCUT2D eigenvalue weighted by molar-refractivity contribution is 9.10. The van der Waals surface area contributed by atoms with Crippen LogP contribution in [0.2, 0.25) is 0 Å². The van der Waals surface area contributed by atoms with Gasteiger partial charge >= 0.3 is 0 Å². The zero-order valence-electron chi connectivity index (χ0n) is 8.21. The number of rotatable bonds is 5. The van der Waals surface area contributed by atoms with Gasteiger partial charge in [0.2, 0.25) is 10.0 Å². The summed E-state index contributed by atoms with van der Waals surface area (Å²) in [5.74, 6) is -1.05. The molecule has 0 radical (unpaired) electrons. The van der Waals surface area contributed by atoms with E-state index in [0.29, 0.717) is 0 Å². The standard InChI is InChI=1S/C9H10BrF2NO2S/c10-7-3-1-4-8(9(7)12)13-16(14,15)6-2-5-11/h1,3-4,13H,2,5-6H2. The van der Waals surface area contributed by atoms with E-state index in [0.717, 1.165) is 0 Å². The first-order valence-corrected chi connectivity index (χ1v) is 6.91. The van der Waals surface area contributed by atoms with Gasteiger partial charge in [-0.15, -0.1) is 0 Å². The van der Waals surface area contributed by atoms with Crippen molar-refractivity contribution >= 4 is 31.6 Å². The third kappa shape index (κ3) is 3.71. The van der Waals surface area contributed by atoms with E-state index in [1.165, 1.54) is 18.2 Å². The van der Waals surface area contributed by atoms with E-state index in [9.17, 15) is 17.2 Å². The Morgan fingerprint density at radius 1 is 1.38 bits per heavy atom. The Morgan fingerprint density at radius 2 is 2.06 bits per heavy atom. The molecule has 0 aromatic heterocycles. The summed E-state index contributed by atoms with van der Waals surface area (Å²) < 4.78 is 50.2. The lowest BCUT2D eigenvalue weighted by molar-refractivity contribution is 0.484. The first-order valence-electron chi connectivity index (χ1n) is 4.47. The number of nitrogens with one attached hydrogen (secondary N) is 1. The Morgan fingerprint density at radius 3 is 2.69 bits per heavy atom. The van der Waals surface area contributed by atoms with Gasteiger partial charge in [0.25, 0.3) is 0 Å². The van der Waals surface area contributed by atoms with Gasteiger partial charge in [0.05, 0.1) is 22.6 Å². The first-order chi connectivity index (χ1) is 7.46. The highest BCUT2D eigenvalue weighted by Gasteiger charge is 2.14. The molecule has 0 amide bonds. The molecule has 3 nitrogen and oxygen atoms in total.